The Balaban J connectivity index is 1.86. The number of alkyl halides is 3. The van der Waals surface area contributed by atoms with Crippen LogP contribution in [0, 0.1) is 5.92 Å². The number of hydrogen-bond donors (Lipinski definition) is 1. The van der Waals surface area contributed by atoms with Crippen LogP contribution < -0.4 is 4.90 Å². The number of aliphatic hydroxyl groups excluding tert-OH is 1. The summed E-state index contributed by atoms with van der Waals surface area (Å²) < 4.78 is 53.1. The first-order chi connectivity index (χ1) is 19.6. The molecule has 10 heteroatoms. The topological polar surface area (TPSA) is 76.1 Å². The number of allylic oxidation sites excluding steroid dienone is 1. The molecule has 2 aromatic carbocycles. The first-order valence-corrected chi connectivity index (χ1v) is 14.3. The Bertz CT molecular complexity index is 1380. The zero-order valence-electron chi connectivity index (χ0n) is 24.5. The highest BCUT2D eigenvalue weighted by atomic mass is 35.5. The summed E-state index contributed by atoms with van der Waals surface area (Å²) in [6, 6.07) is 11.6. The highest BCUT2D eigenvalue weighted by Crippen LogP contribution is 2.57. The molecule has 1 N–H and O–H groups in total. The van der Waals surface area contributed by atoms with Crippen molar-refractivity contribution in [2.75, 3.05) is 25.7 Å². The predicted molar refractivity (Wildman–Crippen MR) is 155 cm³/mol. The standard InChI is InChI=1S/C32H37ClF3NO5/c1-20(19-38)15-23-16-21-9-10-22(29(2,3)42-5)17-26(21)30(23)11-13-31(14-12-30,28(40)41-4)37(27(39)32(34,35)36)25-8-6-7-24(33)18-25/h6-10,16-18,20,38H,11-15,19H2,1-5H3/t20-,30?,31?/m1/s1. The number of aliphatic hydroxyl groups is 1. The normalized spacial score (nSPS) is 22.9. The lowest BCUT2D eigenvalue weighted by Gasteiger charge is -2.50. The number of fused-ring (bicyclic) bond motifs is 2. The van der Waals surface area contributed by atoms with Crippen LogP contribution in [0.15, 0.2) is 48.0 Å². The van der Waals surface area contributed by atoms with Crippen molar-refractivity contribution < 1.29 is 37.3 Å². The number of anilines is 1. The first kappa shape index (κ1) is 32.0. The van der Waals surface area contributed by atoms with Gasteiger partial charge in [-0.2, -0.15) is 13.2 Å². The van der Waals surface area contributed by atoms with E-state index in [1.807, 2.05) is 32.9 Å². The minimum atomic E-state index is -5.25. The smallest absolute Gasteiger partial charge is 0.467 e. The molecule has 4 rings (SSSR count). The number of hydrogen-bond acceptors (Lipinski definition) is 5. The van der Waals surface area contributed by atoms with Crippen molar-refractivity contribution >= 4 is 35.2 Å². The lowest BCUT2D eigenvalue weighted by Crippen LogP contribution is -2.63. The van der Waals surface area contributed by atoms with Gasteiger partial charge in [-0.05, 0) is 86.8 Å². The zero-order chi connectivity index (χ0) is 31.1. The van der Waals surface area contributed by atoms with Crippen molar-refractivity contribution in [3.8, 4) is 0 Å². The molecule has 1 fully saturated rings. The van der Waals surface area contributed by atoms with Crippen LogP contribution in [-0.2, 0) is 30.1 Å². The van der Waals surface area contributed by atoms with Crippen LogP contribution in [0.3, 0.4) is 0 Å². The molecule has 1 amide bonds. The number of benzene rings is 2. The monoisotopic (exact) mass is 607 g/mol. The van der Waals surface area contributed by atoms with Crippen molar-refractivity contribution in [1.82, 2.24) is 0 Å². The van der Waals surface area contributed by atoms with E-state index >= 15 is 0 Å². The van der Waals surface area contributed by atoms with Gasteiger partial charge in [0.05, 0.1) is 12.7 Å². The van der Waals surface area contributed by atoms with Crippen molar-refractivity contribution in [3.05, 3.63) is 69.8 Å². The minimum absolute atomic E-state index is 0.0273. The number of amides is 1. The Kier molecular flexibility index (Phi) is 8.89. The number of carbonyl (C=O) groups is 2. The summed E-state index contributed by atoms with van der Waals surface area (Å²) in [5, 5.41) is 9.99. The Morgan fingerprint density at radius 2 is 1.74 bits per heavy atom. The van der Waals surface area contributed by atoms with Gasteiger partial charge in [0.15, 0.2) is 0 Å². The maximum absolute atomic E-state index is 14.1. The highest BCUT2D eigenvalue weighted by molar-refractivity contribution is 6.31. The van der Waals surface area contributed by atoms with Crippen molar-refractivity contribution in [2.24, 2.45) is 5.92 Å². The van der Waals surface area contributed by atoms with Gasteiger partial charge in [-0.3, -0.25) is 9.69 Å². The molecule has 0 bridgehead atoms. The second kappa shape index (κ2) is 11.7. The molecule has 0 aliphatic heterocycles. The average molecular weight is 608 g/mol. The van der Waals surface area contributed by atoms with Crippen LogP contribution in [0.4, 0.5) is 18.9 Å². The number of nitrogens with zero attached hydrogens (tertiary/aromatic N) is 1. The lowest BCUT2D eigenvalue weighted by atomic mass is 9.60. The fourth-order valence-electron chi connectivity index (χ4n) is 6.47. The quantitative estimate of drug-likeness (QED) is 0.329. The molecule has 0 unspecified atom stereocenters. The van der Waals surface area contributed by atoms with Crippen molar-refractivity contribution in [2.45, 2.75) is 75.6 Å². The van der Waals surface area contributed by atoms with Gasteiger partial charge in [0, 0.05) is 29.8 Å². The maximum Gasteiger partial charge on any atom is 0.471 e. The molecule has 2 aliphatic carbocycles. The molecule has 42 heavy (non-hydrogen) atoms. The minimum Gasteiger partial charge on any atom is -0.467 e. The lowest BCUT2D eigenvalue weighted by molar-refractivity contribution is -0.174. The number of carbonyl (C=O) groups excluding carboxylic acids is 2. The Morgan fingerprint density at radius 1 is 1.07 bits per heavy atom. The molecule has 1 spiro atoms. The molecule has 228 valence electrons. The van der Waals surface area contributed by atoms with Crippen LogP contribution in [-0.4, -0.2) is 49.5 Å². The van der Waals surface area contributed by atoms with E-state index < -0.39 is 34.6 Å². The third-order valence-corrected chi connectivity index (χ3v) is 9.27. The summed E-state index contributed by atoms with van der Waals surface area (Å²) in [6.07, 6.45) is -2.21. The van der Waals surface area contributed by atoms with E-state index in [1.165, 1.54) is 24.3 Å². The molecule has 6 nitrogen and oxygen atoms in total. The fourth-order valence-corrected chi connectivity index (χ4v) is 6.66. The molecule has 1 saturated carbocycles. The number of rotatable bonds is 8. The SMILES string of the molecule is COC(=O)C1(N(C(=O)C(F)(F)F)c2cccc(Cl)c2)CCC2(CC1)C(C[C@@H](C)CO)=Cc1ccc(C(C)(C)OC)cc12. The summed E-state index contributed by atoms with van der Waals surface area (Å²) in [5.41, 5.74) is 0.701. The summed E-state index contributed by atoms with van der Waals surface area (Å²) in [6.45, 7) is 5.81. The first-order valence-electron chi connectivity index (χ1n) is 13.9. The van der Waals surface area contributed by atoms with E-state index in [9.17, 15) is 27.9 Å². The van der Waals surface area contributed by atoms with E-state index in [1.54, 1.807) is 7.11 Å². The fraction of sp³-hybridized carbons (Fsp3) is 0.500. The molecule has 2 aliphatic rings. The molecule has 0 aromatic heterocycles. The molecule has 1 atom stereocenters. The second-order valence-electron chi connectivity index (χ2n) is 11.9. The third-order valence-electron chi connectivity index (χ3n) is 9.03. The number of halogens is 4. The van der Waals surface area contributed by atoms with Gasteiger partial charge in [0.25, 0.3) is 0 Å². The van der Waals surface area contributed by atoms with Crippen LogP contribution in [0.1, 0.15) is 69.6 Å². The highest BCUT2D eigenvalue weighted by Gasteiger charge is 2.59. The average Bonchev–Trinajstić information content (AvgIpc) is 3.24. The van der Waals surface area contributed by atoms with E-state index in [2.05, 4.69) is 12.1 Å². The zero-order valence-corrected chi connectivity index (χ0v) is 25.2. The number of ether oxygens (including phenoxy) is 2. The van der Waals surface area contributed by atoms with Crippen molar-refractivity contribution in [3.63, 3.8) is 0 Å². The van der Waals surface area contributed by atoms with E-state index in [4.69, 9.17) is 21.1 Å². The summed E-state index contributed by atoms with van der Waals surface area (Å²) in [7, 11) is 2.74. The van der Waals surface area contributed by atoms with Crippen LogP contribution in [0.25, 0.3) is 6.08 Å². The summed E-state index contributed by atoms with van der Waals surface area (Å²) in [4.78, 5) is 27.1. The van der Waals surface area contributed by atoms with Crippen LogP contribution in [0.5, 0.6) is 0 Å². The van der Waals surface area contributed by atoms with Gasteiger partial charge < -0.3 is 14.6 Å². The second-order valence-corrected chi connectivity index (χ2v) is 12.3. The Morgan fingerprint density at radius 3 is 2.29 bits per heavy atom. The molecule has 0 saturated heterocycles. The van der Waals surface area contributed by atoms with E-state index in [-0.39, 0.29) is 48.9 Å². The number of methoxy groups -OCH3 is 2. The molecule has 2 aromatic rings. The van der Waals surface area contributed by atoms with Gasteiger partial charge in [0.2, 0.25) is 0 Å². The molecular formula is C32H37ClF3NO5. The molecule has 0 radical (unpaired) electrons. The van der Waals surface area contributed by atoms with Gasteiger partial charge >= 0.3 is 18.1 Å². The Labute approximate surface area is 249 Å². The summed E-state index contributed by atoms with van der Waals surface area (Å²) in [5.74, 6) is -3.14. The van der Waals surface area contributed by atoms with E-state index in [0.717, 1.165) is 29.4 Å². The van der Waals surface area contributed by atoms with Crippen LogP contribution in [0.2, 0.25) is 5.02 Å². The predicted octanol–water partition coefficient (Wildman–Crippen LogP) is 6.96. The van der Waals surface area contributed by atoms with Crippen LogP contribution >= 0.6 is 11.6 Å². The number of esters is 1. The molecular weight excluding hydrogens is 571 g/mol. The molecule has 0 heterocycles. The van der Waals surface area contributed by atoms with Gasteiger partial charge in [0.1, 0.15) is 5.54 Å². The summed E-state index contributed by atoms with van der Waals surface area (Å²) >= 11 is 6.13. The van der Waals surface area contributed by atoms with Gasteiger partial charge in [-0.1, -0.05) is 54.4 Å². The largest absolute Gasteiger partial charge is 0.471 e. The Hall–Kier alpha value is -2.88. The van der Waals surface area contributed by atoms with Gasteiger partial charge in [-0.25, -0.2) is 4.79 Å². The maximum atomic E-state index is 14.1. The van der Waals surface area contributed by atoms with Crippen molar-refractivity contribution in [1.29, 1.82) is 0 Å². The third kappa shape index (κ3) is 5.58. The van der Waals surface area contributed by atoms with Gasteiger partial charge in [-0.15, -0.1) is 0 Å². The van der Waals surface area contributed by atoms with E-state index in [0.29, 0.717) is 11.3 Å².